The number of rotatable bonds is 11. The molecule has 6 unspecified atom stereocenters. The van der Waals surface area contributed by atoms with Crippen molar-refractivity contribution < 1.29 is 88.5 Å². The summed E-state index contributed by atoms with van der Waals surface area (Å²) in [6, 6.07) is 0. The minimum atomic E-state index is -6.53. The fourth-order valence-electron chi connectivity index (χ4n) is 2.15. The second kappa shape index (κ2) is 10.6. The van der Waals surface area contributed by atoms with E-state index in [9.17, 15) is 79.0 Å². The topological polar surface area (TPSA) is 18.5 Å². The second-order valence-electron chi connectivity index (χ2n) is 6.98. The van der Waals surface area contributed by atoms with Gasteiger partial charge in [0.1, 0.15) is 18.3 Å². The van der Waals surface area contributed by atoms with Crippen LogP contribution in [0.3, 0.4) is 0 Å². The van der Waals surface area contributed by atoms with E-state index in [2.05, 4.69) is 9.47 Å². The molecule has 35 heavy (non-hydrogen) atoms. The summed E-state index contributed by atoms with van der Waals surface area (Å²) < 4.78 is 239. The molecule has 6 atom stereocenters. The summed E-state index contributed by atoms with van der Waals surface area (Å²) in [6.07, 6.45) is -46.2. The van der Waals surface area contributed by atoms with Gasteiger partial charge in [0.15, 0.2) is 0 Å². The van der Waals surface area contributed by atoms with E-state index in [0.29, 0.717) is 0 Å². The fraction of sp³-hybridized carbons (Fsp3) is 1.00. The minimum absolute atomic E-state index is 0.149. The van der Waals surface area contributed by atoms with E-state index in [1.807, 2.05) is 0 Å². The number of alkyl halides is 18. The van der Waals surface area contributed by atoms with Gasteiger partial charge in [0.2, 0.25) is 0 Å². The molecule has 0 bridgehead atoms. The van der Waals surface area contributed by atoms with Crippen LogP contribution in [0.1, 0.15) is 13.8 Å². The van der Waals surface area contributed by atoms with Crippen LogP contribution < -0.4 is 0 Å². The summed E-state index contributed by atoms with van der Waals surface area (Å²) in [7, 11) is 0. The molecule has 0 aliphatic rings. The minimum Gasteiger partial charge on any atom is -0.369 e. The summed E-state index contributed by atoms with van der Waals surface area (Å²) >= 11 is 0. The Hall–Kier alpha value is -1.34. The molecule has 0 aromatic heterocycles. The first-order chi connectivity index (χ1) is 15.1. The SMILES string of the molecule is CC(OCC(OC(C)C(F)(F)C(F)C(F)(F)F)C(F)(F)C(F)C(F)(F)F)C(F)(F)C(F)C(F)(F)F. The van der Waals surface area contributed by atoms with Gasteiger partial charge < -0.3 is 9.47 Å². The smallest absolute Gasteiger partial charge is 0.369 e. The molecule has 0 aromatic rings. The molecule has 20 heteroatoms. The zero-order valence-electron chi connectivity index (χ0n) is 16.8. The van der Waals surface area contributed by atoms with Crippen molar-refractivity contribution in [2.24, 2.45) is 0 Å². The molecule has 0 saturated carbocycles. The molecule has 0 rings (SSSR count). The van der Waals surface area contributed by atoms with Crippen LogP contribution in [-0.2, 0) is 9.47 Å². The van der Waals surface area contributed by atoms with Gasteiger partial charge in [-0.1, -0.05) is 0 Å². The molecule has 212 valence electrons. The molecule has 0 N–H and O–H groups in total. The fourth-order valence-corrected chi connectivity index (χ4v) is 2.15. The van der Waals surface area contributed by atoms with Gasteiger partial charge in [0, 0.05) is 0 Å². The highest BCUT2D eigenvalue weighted by molar-refractivity contribution is 4.95. The van der Waals surface area contributed by atoms with Gasteiger partial charge >= 0.3 is 36.3 Å². The lowest BCUT2D eigenvalue weighted by atomic mass is 10.0. The maximum Gasteiger partial charge on any atom is 0.425 e. The standard InChI is InChI=1S/C15H14F18O2/c1-4(10(19,20)7(16)13(25,26)27)34-3-6(12(23,24)9(18)15(31,32)33)35-5(2)11(21,22)8(17)14(28,29)30/h4-9H,3H2,1-2H3. The van der Waals surface area contributed by atoms with Crippen LogP contribution in [0.5, 0.6) is 0 Å². The van der Waals surface area contributed by atoms with Crippen LogP contribution in [0, 0.1) is 0 Å². The van der Waals surface area contributed by atoms with Gasteiger partial charge in [0.05, 0.1) is 6.61 Å². The maximum atomic E-state index is 14.0. The Kier molecular flexibility index (Phi) is 10.2. The van der Waals surface area contributed by atoms with Crippen LogP contribution in [-0.4, -0.2) is 79.7 Å². The lowest BCUT2D eigenvalue weighted by molar-refractivity contribution is -0.316. The van der Waals surface area contributed by atoms with Crippen LogP contribution in [0.15, 0.2) is 0 Å². The molecular weight excluding hydrogens is 554 g/mol. The largest absolute Gasteiger partial charge is 0.425 e. The average Bonchev–Trinajstić information content (AvgIpc) is 2.66. The van der Waals surface area contributed by atoms with Crippen LogP contribution >= 0.6 is 0 Å². The number of halogens is 18. The quantitative estimate of drug-likeness (QED) is 0.256. The molecule has 0 aliphatic carbocycles. The predicted octanol–water partition coefficient (Wildman–Crippen LogP) is 6.77. The number of hydrogen-bond donors (Lipinski definition) is 0. The van der Waals surface area contributed by atoms with Crippen molar-refractivity contribution in [3.05, 3.63) is 0 Å². The molecule has 0 aliphatic heterocycles. The lowest BCUT2D eigenvalue weighted by Gasteiger charge is -2.36. The van der Waals surface area contributed by atoms with Crippen LogP contribution in [0.25, 0.3) is 0 Å². The summed E-state index contributed by atoms with van der Waals surface area (Å²) in [5.74, 6) is -17.6. The third-order valence-electron chi connectivity index (χ3n) is 4.26. The Morgan fingerprint density at radius 3 is 1.09 bits per heavy atom. The van der Waals surface area contributed by atoms with Crippen molar-refractivity contribution in [2.75, 3.05) is 6.61 Å². The van der Waals surface area contributed by atoms with Crippen molar-refractivity contribution in [2.45, 2.75) is 87.0 Å². The molecular formula is C15H14F18O2. The van der Waals surface area contributed by atoms with E-state index < -0.39 is 79.7 Å². The summed E-state index contributed by atoms with van der Waals surface area (Å²) in [6.45, 7) is -3.07. The Balaban J connectivity index is 6.07. The molecule has 0 saturated heterocycles. The van der Waals surface area contributed by atoms with Crippen molar-refractivity contribution >= 4 is 0 Å². The summed E-state index contributed by atoms with van der Waals surface area (Å²) in [5, 5.41) is 0. The van der Waals surface area contributed by atoms with Gasteiger partial charge in [-0.2, -0.15) is 48.3 Å². The van der Waals surface area contributed by atoms with Crippen LogP contribution in [0.4, 0.5) is 79.0 Å². The average molecular weight is 568 g/mol. The van der Waals surface area contributed by atoms with Gasteiger partial charge in [-0.15, -0.1) is 0 Å². The number of hydrogen-bond acceptors (Lipinski definition) is 2. The maximum absolute atomic E-state index is 14.0. The first kappa shape index (κ1) is 33.7. The molecule has 0 aromatic carbocycles. The van der Waals surface area contributed by atoms with Crippen molar-refractivity contribution in [3.8, 4) is 0 Å². The highest BCUT2D eigenvalue weighted by Crippen LogP contribution is 2.43. The predicted molar refractivity (Wildman–Crippen MR) is 77.4 cm³/mol. The lowest BCUT2D eigenvalue weighted by Crippen LogP contribution is -2.57. The Morgan fingerprint density at radius 1 is 0.486 bits per heavy atom. The third kappa shape index (κ3) is 8.08. The monoisotopic (exact) mass is 568 g/mol. The molecule has 0 fully saturated rings. The van der Waals surface area contributed by atoms with E-state index in [0.717, 1.165) is 0 Å². The second-order valence-corrected chi connectivity index (χ2v) is 6.98. The zero-order valence-corrected chi connectivity index (χ0v) is 16.8. The van der Waals surface area contributed by atoms with Gasteiger partial charge in [-0.3, -0.25) is 0 Å². The Morgan fingerprint density at radius 2 is 0.771 bits per heavy atom. The highest BCUT2D eigenvalue weighted by atomic mass is 19.4. The zero-order chi connectivity index (χ0) is 28.6. The van der Waals surface area contributed by atoms with E-state index in [1.165, 1.54) is 0 Å². The highest BCUT2D eigenvalue weighted by Gasteiger charge is 2.65. The molecule has 0 radical (unpaired) electrons. The van der Waals surface area contributed by atoms with Crippen molar-refractivity contribution in [3.63, 3.8) is 0 Å². The first-order valence-electron chi connectivity index (χ1n) is 8.65. The molecule has 0 heterocycles. The van der Waals surface area contributed by atoms with Crippen molar-refractivity contribution in [1.29, 1.82) is 0 Å². The van der Waals surface area contributed by atoms with Gasteiger partial charge in [-0.05, 0) is 13.8 Å². The normalized spacial score (nSPS) is 20.2. The van der Waals surface area contributed by atoms with E-state index >= 15 is 0 Å². The van der Waals surface area contributed by atoms with Gasteiger partial charge in [0.25, 0.3) is 18.5 Å². The van der Waals surface area contributed by atoms with E-state index in [1.54, 1.807) is 0 Å². The van der Waals surface area contributed by atoms with E-state index in [-0.39, 0.29) is 13.8 Å². The summed E-state index contributed by atoms with van der Waals surface area (Å²) in [4.78, 5) is 0. The Labute approximate surface area is 183 Å². The summed E-state index contributed by atoms with van der Waals surface area (Å²) in [5.41, 5.74) is 0. The van der Waals surface area contributed by atoms with Crippen LogP contribution in [0.2, 0.25) is 0 Å². The van der Waals surface area contributed by atoms with E-state index in [4.69, 9.17) is 0 Å². The van der Waals surface area contributed by atoms with Crippen molar-refractivity contribution in [1.82, 2.24) is 0 Å². The molecule has 2 nitrogen and oxygen atoms in total. The Bertz CT molecular complexity index is 668. The number of ether oxygens (including phenoxy) is 2. The van der Waals surface area contributed by atoms with Gasteiger partial charge in [-0.25, -0.2) is 30.7 Å². The third-order valence-corrected chi connectivity index (χ3v) is 4.26. The first-order valence-corrected chi connectivity index (χ1v) is 8.65. The molecule has 0 spiro atoms. The molecule has 0 amide bonds.